The number of hydrogen-bond donors (Lipinski definition) is 2. The van der Waals surface area contributed by atoms with Crippen LogP contribution in [0, 0.1) is 6.92 Å². The highest BCUT2D eigenvalue weighted by molar-refractivity contribution is 7.80. The van der Waals surface area contributed by atoms with Crippen LogP contribution in [0.5, 0.6) is 5.75 Å². The molecule has 0 bridgehead atoms. The number of carbonyl (C=O) groups is 1. The van der Waals surface area contributed by atoms with Gasteiger partial charge in [-0.1, -0.05) is 24.3 Å². The molecule has 3 heterocycles. The largest absolute Gasteiger partial charge is 0.494 e. The Labute approximate surface area is 227 Å². The minimum atomic E-state index is -0.264. The number of hydrogen-bond acceptors (Lipinski definition) is 5. The van der Waals surface area contributed by atoms with Crippen LogP contribution in [0.1, 0.15) is 42.4 Å². The lowest BCUT2D eigenvalue weighted by atomic mass is 10.0. The Morgan fingerprint density at radius 2 is 1.87 bits per heavy atom. The topological polar surface area (TPSA) is 79.6 Å². The zero-order chi connectivity index (χ0) is 26.5. The van der Waals surface area contributed by atoms with Crippen LogP contribution >= 0.6 is 12.2 Å². The lowest BCUT2D eigenvalue weighted by Gasteiger charge is -2.26. The van der Waals surface area contributed by atoms with Crippen LogP contribution in [0.15, 0.2) is 89.5 Å². The summed E-state index contributed by atoms with van der Waals surface area (Å²) in [6.07, 6.45) is 2.04. The van der Waals surface area contributed by atoms with Crippen molar-refractivity contribution in [3.63, 3.8) is 0 Å². The number of pyridine rings is 1. The second-order valence-electron chi connectivity index (χ2n) is 9.09. The van der Waals surface area contributed by atoms with E-state index >= 15 is 0 Å². The molecule has 1 aliphatic heterocycles. The maximum Gasteiger partial charge on any atom is 0.226 e. The number of aryl methyl sites for hydroxylation is 1. The first kappa shape index (κ1) is 25.5. The van der Waals surface area contributed by atoms with Crippen LogP contribution in [0.3, 0.4) is 0 Å². The van der Waals surface area contributed by atoms with Crippen LogP contribution in [0.2, 0.25) is 0 Å². The summed E-state index contributed by atoms with van der Waals surface area (Å²) in [6, 6.07) is 24.8. The SMILES string of the molecule is CCOc1ccc(-c2ccc([C@H]3[C@H](c4ccccn4)NC(=S)N3CCC(=O)Nc3ccccc3C)o2)cc1. The lowest BCUT2D eigenvalue weighted by Crippen LogP contribution is -2.32. The molecule has 2 aromatic carbocycles. The average Bonchev–Trinajstić information content (AvgIpc) is 3.54. The molecule has 8 heteroatoms. The summed E-state index contributed by atoms with van der Waals surface area (Å²) in [7, 11) is 0. The normalized spacial score (nSPS) is 16.8. The molecule has 1 fully saturated rings. The highest BCUT2D eigenvalue weighted by Crippen LogP contribution is 2.40. The summed E-state index contributed by atoms with van der Waals surface area (Å²) in [4.78, 5) is 19.4. The highest BCUT2D eigenvalue weighted by atomic mass is 32.1. The Bertz CT molecular complexity index is 1400. The van der Waals surface area contributed by atoms with Gasteiger partial charge in [0.05, 0.1) is 18.3 Å². The van der Waals surface area contributed by atoms with Gasteiger partial charge in [0.15, 0.2) is 5.11 Å². The van der Waals surface area contributed by atoms with E-state index in [9.17, 15) is 4.79 Å². The standard InChI is InChI=1S/C30H30N4O3S/c1-3-36-22-13-11-21(12-14-22)25-15-16-26(37-25)29-28(24-10-6-7-18-31-24)33-30(38)34(29)19-17-27(35)32-23-9-5-4-8-20(23)2/h4-16,18,28-29H,3,17,19H2,1-2H3,(H,32,35)(H,33,38)/t28-,29-/m0/s1. The fraction of sp³-hybridized carbons (Fsp3) is 0.233. The first-order valence-corrected chi connectivity index (χ1v) is 13.1. The van der Waals surface area contributed by atoms with Crippen molar-refractivity contribution in [2.45, 2.75) is 32.4 Å². The van der Waals surface area contributed by atoms with Gasteiger partial charge in [-0.15, -0.1) is 0 Å². The molecule has 0 unspecified atom stereocenters. The van der Waals surface area contributed by atoms with Crippen LogP contribution in [-0.2, 0) is 4.79 Å². The number of rotatable bonds is 9. The molecule has 7 nitrogen and oxygen atoms in total. The van der Waals surface area contributed by atoms with E-state index in [1.165, 1.54) is 0 Å². The van der Waals surface area contributed by atoms with E-state index in [1.54, 1.807) is 6.20 Å². The van der Waals surface area contributed by atoms with E-state index in [0.29, 0.717) is 18.3 Å². The number of anilines is 1. The Kier molecular flexibility index (Phi) is 7.70. The van der Waals surface area contributed by atoms with Gasteiger partial charge in [-0.05, 0) is 86.2 Å². The Morgan fingerprint density at radius 1 is 1.08 bits per heavy atom. The average molecular weight is 527 g/mol. The molecule has 38 heavy (non-hydrogen) atoms. The van der Waals surface area contributed by atoms with E-state index in [1.807, 2.05) is 97.6 Å². The van der Waals surface area contributed by atoms with Crippen molar-refractivity contribution >= 4 is 28.9 Å². The van der Waals surface area contributed by atoms with E-state index in [2.05, 4.69) is 15.6 Å². The number of benzene rings is 2. The maximum absolute atomic E-state index is 12.8. The number of para-hydroxylation sites is 1. The van der Waals surface area contributed by atoms with Crippen molar-refractivity contribution in [2.75, 3.05) is 18.5 Å². The van der Waals surface area contributed by atoms with Crippen molar-refractivity contribution in [2.24, 2.45) is 0 Å². The number of nitrogens with one attached hydrogen (secondary N) is 2. The molecule has 5 rings (SSSR count). The fourth-order valence-electron chi connectivity index (χ4n) is 4.65. The molecule has 194 valence electrons. The molecule has 0 saturated carbocycles. The lowest BCUT2D eigenvalue weighted by molar-refractivity contribution is -0.116. The van der Waals surface area contributed by atoms with Crippen molar-refractivity contribution in [1.29, 1.82) is 0 Å². The number of thiocarbonyl (C=S) groups is 1. The number of carbonyl (C=O) groups excluding carboxylic acids is 1. The first-order valence-electron chi connectivity index (χ1n) is 12.7. The van der Waals surface area contributed by atoms with Crippen LogP contribution in [-0.4, -0.2) is 34.1 Å². The van der Waals surface area contributed by atoms with Gasteiger partial charge in [-0.3, -0.25) is 9.78 Å². The summed E-state index contributed by atoms with van der Waals surface area (Å²) in [5, 5.41) is 6.98. The molecular weight excluding hydrogens is 496 g/mol. The van der Waals surface area contributed by atoms with E-state index in [0.717, 1.165) is 39.8 Å². The summed E-state index contributed by atoms with van der Waals surface area (Å²) in [6.45, 7) is 4.98. The maximum atomic E-state index is 12.8. The molecule has 0 aliphatic carbocycles. The van der Waals surface area contributed by atoms with Gasteiger partial charge in [-0.2, -0.15) is 0 Å². The van der Waals surface area contributed by atoms with Gasteiger partial charge < -0.3 is 24.7 Å². The molecule has 1 saturated heterocycles. The number of nitrogens with zero attached hydrogens (tertiary/aromatic N) is 2. The van der Waals surface area contributed by atoms with Gasteiger partial charge in [0, 0.05) is 30.4 Å². The zero-order valence-corrected chi connectivity index (χ0v) is 22.2. The van der Waals surface area contributed by atoms with Crippen molar-refractivity contribution < 1.29 is 13.9 Å². The van der Waals surface area contributed by atoms with Gasteiger partial charge in [0.25, 0.3) is 0 Å². The molecule has 2 aromatic heterocycles. The summed E-state index contributed by atoms with van der Waals surface area (Å²) >= 11 is 5.74. The fourth-order valence-corrected chi connectivity index (χ4v) is 4.98. The minimum absolute atomic E-state index is 0.0725. The molecule has 1 aliphatic rings. The van der Waals surface area contributed by atoms with Gasteiger partial charge in [0.1, 0.15) is 23.3 Å². The summed E-state index contributed by atoms with van der Waals surface area (Å²) in [5.41, 5.74) is 3.63. The highest BCUT2D eigenvalue weighted by Gasteiger charge is 2.41. The third kappa shape index (κ3) is 5.55. The number of amides is 1. The predicted molar refractivity (Wildman–Crippen MR) is 152 cm³/mol. The van der Waals surface area contributed by atoms with Crippen molar-refractivity contribution in [3.8, 4) is 17.1 Å². The zero-order valence-electron chi connectivity index (χ0n) is 21.4. The van der Waals surface area contributed by atoms with E-state index < -0.39 is 0 Å². The van der Waals surface area contributed by atoms with Crippen LogP contribution < -0.4 is 15.4 Å². The van der Waals surface area contributed by atoms with Crippen LogP contribution in [0.25, 0.3) is 11.3 Å². The van der Waals surface area contributed by atoms with Gasteiger partial charge >= 0.3 is 0 Å². The number of aromatic nitrogens is 1. The Balaban J connectivity index is 1.38. The van der Waals surface area contributed by atoms with Crippen LogP contribution in [0.4, 0.5) is 5.69 Å². The third-order valence-electron chi connectivity index (χ3n) is 6.56. The summed E-state index contributed by atoms with van der Waals surface area (Å²) < 4.78 is 12.0. The summed E-state index contributed by atoms with van der Waals surface area (Å²) in [5.74, 6) is 2.24. The van der Waals surface area contributed by atoms with Crippen molar-refractivity contribution in [3.05, 3.63) is 102 Å². The predicted octanol–water partition coefficient (Wildman–Crippen LogP) is 6.05. The quantitative estimate of drug-likeness (QED) is 0.257. The number of ether oxygens (including phenoxy) is 1. The molecule has 1 amide bonds. The van der Waals surface area contributed by atoms with E-state index in [-0.39, 0.29) is 24.4 Å². The Hall–Kier alpha value is -4.17. The molecule has 2 N–H and O–H groups in total. The molecule has 4 aromatic rings. The molecular formula is C30H30N4O3S. The third-order valence-corrected chi connectivity index (χ3v) is 6.92. The smallest absolute Gasteiger partial charge is 0.226 e. The molecule has 2 atom stereocenters. The minimum Gasteiger partial charge on any atom is -0.494 e. The second kappa shape index (κ2) is 11.5. The second-order valence-corrected chi connectivity index (χ2v) is 9.48. The number of furan rings is 1. The van der Waals surface area contributed by atoms with Gasteiger partial charge in [-0.25, -0.2) is 0 Å². The molecule has 0 spiro atoms. The first-order chi connectivity index (χ1) is 18.5. The van der Waals surface area contributed by atoms with E-state index in [4.69, 9.17) is 21.4 Å². The Morgan fingerprint density at radius 3 is 2.61 bits per heavy atom. The van der Waals surface area contributed by atoms with Crippen molar-refractivity contribution in [1.82, 2.24) is 15.2 Å². The monoisotopic (exact) mass is 526 g/mol. The van der Waals surface area contributed by atoms with Gasteiger partial charge in [0.2, 0.25) is 5.91 Å². The molecule has 0 radical (unpaired) electrons.